The highest BCUT2D eigenvalue weighted by Gasteiger charge is 2.24. The molecule has 5 nitrogen and oxygen atoms in total. The fourth-order valence-corrected chi connectivity index (χ4v) is 3.85. The van der Waals surface area contributed by atoms with Crippen molar-refractivity contribution in [2.24, 2.45) is 0 Å². The molecular formula is C23H21N3O2. The Bertz CT molecular complexity index is 1170. The van der Waals surface area contributed by atoms with Crippen molar-refractivity contribution in [3.63, 3.8) is 0 Å². The van der Waals surface area contributed by atoms with E-state index in [4.69, 9.17) is 9.47 Å². The lowest BCUT2D eigenvalue weighted by atomic mass is 9.95. The van der Waals surface area contributed by atoms with Crippen LogP contribution in [-0.2, 0) is 0 Å². The fourth-order valence-electron chi connectivity index (χ4n) is 3.85. The van der Waals surface area contributed by atoms with E-state index in [0.29, 0.717) is 0 Å². The molecule has 1 atom stereocenters. The van der Waals surface area contributed by atoms with Gasteiger partial charge in [-0.1, -0.05) is 24.3 Å². The summed E-state index contributed by atoms with van der Waals surface area (Å²) in [5.41, 5.74) is 5.72. The van der Waals surface area contributed by atoms with Gasteiger partial charge in [0.25, 0.3) is 0 Å². The predicted octanol–water partition coefficient (Wildman–Crippen LogP) is 5.11. The number of anilines is 1. The quantitative estimate of drug-likeness (QED) is 0.523. The Morgan fingerprint density at radius 1 is 1.00 bits per heavy atom. The standard InChI is InChI=1S/C23H21N3O2/c1-14-9-10-24-21(11-14)26-23(16-7-8-19-20(12-16)28-13-27-19)22-15(2)25-18-6-4-3-5-17(18)22/h3-12,23,25H,13H2,1-2H3,(H,24,26)/t23-/m0/s1. The average Bonchev–Trinajstić information content (AvgIpc) is 3.29. The van der Waals surface area contributed by atoms with E-state index < -0.39 is 0 Å². The molecule has 0 aliphatic carbocycles. The monoisotopic (exact) mass is 371 g/mol. The van der Waals surface area contributed by atoms with Crippen LogP contribution in [0.25, 0.3) is 10.9 Å². The first-order chi connectivity index (χ1) is 13.7. The van der Waals surface area contributed by atoms with Crippen molar-refractivity contribution < 1.29 is 9.47 Å². The molecule has 2 aromatic carbocycles. The van der Waals surface area contributed by atoms with Gasteiger partial charge in [-0.3, -0.25) is 0 Å². The molecule has 0 bridgehead atoms. The highest BCUT2D eigenvalue weighted by atomic mass is 16.7. The lowest BCUT2D eigenvalue weighted by Gasteiger charge is -2.21. The number of hydrogen-bond donors (Lipinski definition) is 2. The number of benzene rings is 2. The summed E-state index contributed by atoms with van der Waals surface area (Å²) in [5.74, 6) is 2.40. The smallest absolute Gasteiger partial charge is 0.231 e. The summed E-state index contributed by atoms with van der Waals surface area (Å²) in [7, 11) is 0. The normalized spacial score (nSPS) is 13.6. The summed E-state index contributed by atoms with van der Waals surface area (Å²) in [6, 6.07) is 18.5. The van der Waals surface area contributed by atoms with E-state index in [-0.39, 0.29) is 12.8 Å². The Balaban J connectivity index is 1.67. The van der Waals surface area contributed by atoms with Crippen molar-refractivity contribution in [1.82, 2.24) is 9.97 Å². The van der Waals surface area contributed by atoms with Crippen molar-refractivity contribution in [3.05, 3.63) is 83.2 Å². The largest absolute Gasteiger partial charge is 0.454 e. The number of aromatic amines is 1. The number of nitrogens with zero attached hydrogens (tertiary/aromatic N) is 1. The first-order valence-corrected chi connectivity index (χ1v) is 9.35. The second-order valence-corrected chi connectivity index (χ2v) is 7.12. The molecular weight excluding hydrogens is 350 g/mol. The van der Waals surface area contributed by atoms with E-state index in [9.17, 15) is 0 Å². The number of fused-ring (bicyclic) bond motifs is 2. The minimum absolute atomic E-state index is 0.0834. The Morgan fingerprint density at radius 3 is 2.75 bits per heavy atom. The molecule has 140 valence electrons. The van der Waals surface area contributed by atoms with Crippen molar-refractivity contribution >= 4 is 16.7 Å². The van der Waals surface area contributed by atoms with Gasteiger partial charge in [-0.05, 0) is 55.3 Å². The van der Waals surface area contributed by atoms with Gasteiger partial charge >= 0.3 is 0 Å². The number of rotatable bonds is 4. The zero-order chi connectivity index (χ0) is 19.1. The minimum atomic E-state index is -0.0834. The Labute approximate surface area is 163 Å². The van der Waals surface area contributed by atoms with Gasteiger partial charge in [-0.15, -0.1) is 0 Å². The van der Waals surface area contributed by atoms with Gasteiger partial charge in [0.2, 0.25) is 6.79 Å². The maximum absolute atomic E-state index is 5.62. The Morgan fingerprint density at radius 2 is 1.86 bits per heavy atom. The second-order valence-electron chi connectivity index (χ2n) is 7.12. The van der Waals surface area contributed by atoms with Crippen molar-refractivity contribution in [1.29, 1.82) is 0 Å². The first kappa shape index (κ1) is 16.7. The number of hydrogen-bond acceptors (Lipinski definition) is 4. The molecule has 28 heavy (non-hydrogen) atoms. The number of pyridine rings is 1. The van der Waals surface area contributed by atoms with Crippen LogP contribution in [0, 0.1) is 13.8 Å². The third-order valence-electron chi connectivity index (χ3n) is 5.17. The van der Waals surface area contributed by atoms with E-state index in [2.05, 4.69) is 65.5 Å². The van der Waals surface area contributed by atoms with E-state index in [1.54, 1.807) is 0 Å². The number of para-hydroxylation sites is 1. The van der Waals surface area contributed by atoms with Crippen LogP contribution >= 0.6 is 0 Å². The third-order valence-corrected chi connectivity index (χ3v) is 5.17. The maximum Gasteiger partial charge on any atom is 0.231 e. The molecule has 5 rings (SSSR count). The molecule has 5 heteroatoms. The van der Waals surface area contributed by atoms with Crippen LogP contribution < -0.4 is 14.8 Å². The zero-order valence-electron chi connectivity index (χ0n) is 15.8. The van der Waals surface area contributed by atoms with Crippen LogP contribution in [0.1, 0.15) is 28.4 Å². The molecule has 1 aliphatic heterocycles. The summed E-state index contributed by atoms with van der Waals surface area (Å²) in [6.07, 6.45) is 1.83. The fraction of sp³-hybridized carbons (Fsp3) is 0.174. The number of H-pyrrole nitrogens is 1. The predicted molar refractivity (Wildman–Crippen MR) is 110 cm³/mol. The second kappa shape index (κ2) is 6.60. The van der Waals surface area contributed by atoms with E-state index in [0.717, 1.165) is 39.7 Å². The minimum Gasteiger partial charge on any atom is -0.454 e. The van der Waals surface area contributed by atoms with Crippen LogP contribution in [0.3, 0.4) is 0 Å². The lowest BCUT2D eigenvalue weighted by molar-refractivity contribution is 0.174. The molecule has 2 aromatic heterocycles. The molecule has 0 spiro atoms. The van der Waals surface area contributed by atoms with Crippen molar-refractivity contribution in [2.75, 3.05) is 12.1 Å². The number of aromatic nitrogens is 2. The average molecular weight is 371 g/mol. The number of nitrogens with one attached hydrogen (secondary N) is 2. The molecule has 1 aliphatic rings. The lowest BCUT2D eigenvalue weighted by Crippen LogP contribution is -2.14. The molecule has 3 heterocycles. The first-order valence-electron chi connectivity index (χ1n) is 9.35. The van der Waals surface area contributed by atoms with E-state index in [1.165, 1.54) is 10.9 Å². The summed E-state index contributed by atoms with van der Waals surface area (Å²) in [6.45, 7) is 4.45. The highest BCUT2D eigenvalue weighted by Crippen LogP contribution is 2.39. The van der Waals surface area contributed by atoms with Crippen molar-refractivity contribution in [3.8, 4) is 11.5 Å². The molecule has 0 unspecified atom stereocenters. The van der Waals surface area contributed by atoms with Crippen LogP contribution in [0.4, 0.5) is 5.82 Å². The SMILES string of the molecule is Cc1ccnc(N[C@@H](c2ccc3c(c2)OCO3)c2c(C)[nH]c3ccccc23)c1. The van der Waals surface area contributed by atoms with Gasteiger partial charge in [-0.2, -0.15) is 0 Å². The van der Waals surface area contributed by atoms with Gasteiger partial charge in [-0.25, -0.2) is 4.98 Å². The molecule has 0 saturated carbocycles. The van der Waals surface area contributed by atoms with Crippen LogP contribution in [0.2, 0.25) is 0 Å². The Hall–Kier alpha value is -3.47. The van der Waals surface area contributed by atoms with Crippen LogP contribution in [-0.4, -0.2) is 16.8 Å². The molecule has 2 N–H and O–H groups in total. The molecule has 4 aromatic rings. The van der Waals surface area contributed by atoms with Gasteiger partial charge in [0, 0.05) is 28.4 Å². The number of aryl methyl sites for hydroxylation is 2. The highest BCUT2D eigenvalue weighted by molar-refractivity contribution is 5.86. The van der Waals surface area contributed by atoms with E-state index in [1.807, 2.05) is 24.4 Å². The topological polar surface area (TPSA) is 59.2 Å². The van der Waals surface area contributed by atoms with E-state index >= 15 is 0 Å². The molecule has 0 saturated heterocycles. The molecule has 0 amide bonds. The molecule has 0 fully saturated rings. The summed E-state index contributed by atoms with van der Waals surface area (Å²) in [4.78, 5) is 8.03. The Kier molecular flexibility index (Phi) is 3.93. The summed E-state index contributed by atoms with van der Waals surface area (Å²) in [5, 5.41) is 4.83. The van der Waals surface area contributed by atoms with Crippen LogP contribution in [0.5, 0.6) is 11.5 Å². The zero-order valence-corrected chi connectivity index (χ0v) is 15.8. The number of ether oxygens (including phenoxy) is 2. The van der Waals surface area contributed by atoms with Gasteiger partial charge in [0.05, 0.1) is 6.04 Å². The van der Waals surface area contributed by atoms with Crippen LogP contribution in [0.15, 0.2) is 60.8 Å². The maximum atomic E-state index is 5.62. The van der Waals surface area contributed by atoms with Gasteiger partial charge in [0.15, 0.2) is 11.5 Å². The third kappa shape index (κ3) is 2.85. The van der Waals surface area contributed by atoms with Gasteiger partial charge < -0.3 is 19.8 Å². The molecule has 0 radical (unpaired) electrons. The summed E-state index contributed by atoms with van der Waals surface area (Å²) >= 11 is 0. The van der Waals surface area contributed by atoms with Gasteiger partial charge in [0.1, 0.15) is 5.82 Å². The van der Waals surface area contributed by atoms with Crippen molar-refractivity contribution in [2.45, 2.75) is 19.9 Å². The summed E-state index contributed by atoms with van der Waals surface area (Å²) < 4.78 is 11.1.